The monoisotopic (exact) mass is 294 g/mol. The third-order valence-electron chi connectivity index (χ3n) is 4.10. The summed E-state index contributed by atoms with van der Waals surface area (Å²) in [6.07, 6.45) is 1.69. The summed E-state index contributed by atoms with van der Waals surface area (Å²) in [5.74, 6) is -0.0894. The number of fused-ring (bicyclic) bond motifs is 3. The fraction of sp³-hybridized carbons (Fsp3) is 0.467. The van der Waals surface area contributed by atoms with Gasteiger partial charge < -0.3 is 20.5 Å². The number of aromatic nitrogens is 1. The third kappa shape index (κ3) is 2.44. The molecule has 0 unspecified atom stereocenters. The van der Waals surface area contributed by atoms with E-state index in [1.807, 2.05) is 18.2 Å². The minimum atomic E-state index is -0.0894. The first-order valence-corrected chi connectivity index (χ1v) is 7.35. The molecule has 0 aliphatic carbocycles. The maximum absolute atomic E-state index is 9.27. The summed E-state index contributed by atoms with van der Waals surface area (Å²) in [6, 6.07) is 6.04. The molecule has 0 bridgehead atoms. The second-order valence-corrected chi connectivity index (χ2v) is 5.87. The van der Waals surface area contributed by atoms with Gasteiger partial charge in [0.15, 0.2) is 0 Å². The summed E-state index contributed by atoms with van der Waals surface area (Å²) >= 11 is 6.09. The van der Waals surface area contributed by atoms with E-state index in [4.69, 9.17) is 11.6 Å². The van der Waals surface area contributed by atoms with Crippen molar-refractivity contribution in [3.05, 3.63) is 34.5 Å². The second kappa shape index (κ2) is 5.74. The molecule has 1 aliphatic rings. The van der Waals surface area contributed by atoms with Crippen molar-refractivity contribution in [2.24, 2.45) is 5.92 Å². The lowest BCUT2D eigenvalue weighted by Crippen LogP contribution is -2.32. The Bertz CT molecular complexity index is 607. The lowest BCUT2D eigenvalue weighted by atomic mass is 9.92. The molecule has 3 rings (SSSR count). The Kier molecular flexibility index (Phi) is 3.98. The number of H-pyrrole nitrogens is 1. The Labute approximate surface area is 122 Å². The van der Waals surface area contributed by atoms with Crippen LogP contribution in [0, 0.1) is 5.92 Å². The van der Waals surface area contributed by atoms with Gasteiger partial charge in [0.2, 0.25) is 0 Å². The lowest BCUT2D eigenvalue weighted by molar-refractivity contribution is 0.133. The zero-order valence-electron chi connectivity index (χ0n) is 11.2. The molecule has 0 saturated heterocycles. The molecule has 2 heterocycles. The summed E-state index contributed by atoms with van der Waals surface area (Å²) in [5.41, 5.74) is 3.57. The van der Waals surface area contributed by atoms with Crippen molar-refractivity contribution < 1.29 is 10.2 Å². The van der Waals surface area contributed by atoms with Crippen LogP contribution in [-0.4, -0.2) is 35.0 Å². The Hall–Kier alpha value is -1.07. The first kappa shape index (κ1) is 13.9. The molecular weight excluding hydrogens is 276 g/mol. The number of hydrogen-bond acceptors (Lipinski definition) is 3. The molecule has 0 amide bonds. The normalized spacial score (nSPS) is 18.7. The maximum atomic E-state index is 9.27. The van der Waals surface area contributed by atoms with Gasteiger partial charge in [-0.1, -0.05) is 11.6 Å². The Morgan fingerprint density at radius 2 is 2.10 bits per heavy atom. The fourth-order valence-electron chi connectivity index (χ4n) is 3.02. The molecule has 108 valence electrons. The molecule has 4 nitrogen and oxygen atoms in total. The van der Waals surface area contributed by atoms with Crippen LogP contribution < -0.4 is 5.32 Å². The minimum absolute atomic E-state index is 0.00999. The first-order valence-electron chi connectivity index (χ1n) is 6.98. The molecule has 0 spiro atoms. The van der Waals surface area contributed by atoms with Crippen LogP contribution in [0.5, 0.6) is 0 Å². The first-order chi connectivity index (χ1) is 9.72. The van der Waals surface area contributed by atoms with Crippen molar-refractivity contribution in [1.29, 1.82) is 0 Å². The number of aliphatic hydroxyl groups excluding tert-OH is 2. The van der Waals surface area contributed by atoms with Crippen molar-refractivity contribution >= 4 is 22.5 Å². The summed E-state index contributed by atoms with van der Waals surface area (Å²) in [4.78, 5) is 3.46. The van der Waals surface area contributed by atoms with Crippen LogP contribution >= 0.6 is 11.6 Å². The third-order valence-corrected chi connectivity index (χ3v) is 4.34. The van der Waals surface area contributed by atoms with Gasteiger partial charge in [0.05, 0.1) is 0 Å². The van der Waals surface area contributed by atoms with E-state index in [1.165, 1.54) is 16.6 Å². The van der Waals surface area contributed by atoms with E-state index in [0.29, 0.717) is 0 Å². The van der Waals surface area contributed by atoms with Crippen LogP contribution in [0.3, 0.4) is 0 Å². The van der Waals surface area contributed by atoms with Crippen LogP contribution in [0.4, 0.5) is 0 Å². The Morgan fingerprint density at radius 1 is 1.30 bits per heavy atom. The highest BCUT2D eigenvalue weighted by Crippen LogP contribution is 2.34. The largest absolute Gasteiger partial charge is 0.396 e. The zero-order valence-corrected chi connectivity index (χ0v) is 12.0. The molecule has 2 aromatic rings. The molecule has 1 aromatic heterocycles. The van der Waals surface area contributed by atoms with Gasteiger partial charge in [0.25, 0.3) is 0 Å². The molecular formula is C15H19ClN2O2. The quantitative estimate of drug-likeness (QED) is 0.697. The van der Waals surface area contributed by atoms with Crippen LogP contribution in [0.25, 0.3) is 10.9 Å². The molecule has 1 aromatic carbocycles. The maximum Gasteiger partial charge on any atom is 0.0481 e. The average molecular weight is 295 g/mol. The fourth-order valence-corrected chi connectivity index (χ4v) is 3.19. The number of halogens is 1. The van der Waals surface area contributed by atoms with E-state index in [9.17, 15) is 10.2 Å². The zero-order chi connectivity index (χ0) is 14.1. The Balaban J connectivity index is 1.98. The summed E-state index contributed by atoms with van der Waals surface area (Å²) in [7, 11) is 0. The van der Waals surface area contributed by atoms with E-state index in [-0.39, 0.29) is 25.2 Å². The number of nitrogens with one attached hydrogen (secondary N) is 2. The van der Waals surface area contributed by atoms with Gasteiger partial charge in [-0.2, -0.15) is 0 Å². The van der Waals surface area contributed by atoms with E-state index >= 15 is 0 Å². The topological polar surface area (TPSA) is 68.3 Å². The van der Waals surface area contributed by atoms with Crippen molar-refractivity contribution in [1.82, 2.24) is 10.3 Å². The summed E-state index contributed by atoms with van der Waals surface area (Å²) < 4.78 is 0. The molecule has 0 saturated carbocycles. The van der Waals surface area contributed by atoms with Gasteiger partial charge in [-0.25, -0.2) is 0 Å². The molecule has 5 heteroatoms. The van der Waals surface area contributed by atoms with Crippen molar-refractivity contribution in [2.45, 2.75) is 18.9 Å². The second-order valence-electron chi connectivity index (χ2n) is 5.43. The Morgan fingerprint density at radius 3 is 2.85 bits per heavy atom. The van der Waals surface area contributed by atoms with E-state index in [1.54, 1.807) is 0 Å². The van der Waals surface area contributed by atoms with Gasteiger partial charge in [0.1, 0.15) is 0 Å². The van der Waals surface area contributed by atoms with Crippen LogP contribution in [0.1, 0.15) is 23.7 Å². The molecule has 1 aliphatic heterocycles. The number of rotatable bonds is 4. The summed E-state index contributed by atoms with van der Waals surface area (Å²) in [5, 5.41) is 23.9. The molecule has 0 radical (unpaired) electrons. The smallest absolute Gasteiger partial charge is 0.0481 e. The highest BCUT2D eigenvalue weighted by molar-refractivity contribution is 6.31. The molecule has 1 atom stereocenters. The number of aliphatic hydroxyl groups is 2. The molecule has 0 fully saturated rings. The van der Waals surface area contributed by atoms with Crippen LogP contribution in [0.15, 0.2) is 18.2 Å². The minimum Gasteiger partial charge on any atom is -0.396 e. The highest BCUT2D eigenvalue weighted by Gasteiger charge is 2.26. The SMILES string of the molecule is OCC(CO)C[C@@H]1NCCc2c1[nH]c1ccc(Cl)cc21. The lowest BCUT2D eigenvalue weighted by Gasteiger charge is -2.27. The van der Waals surface area contributed by atoms with E-state index < -0.39 is 0 Å². The number of benzene rings is 1. The number of hydrogen-bond donors (Lipinski definition) is 4. The van der Waals surface area contributed by atoms with Gasteiger partial charge in [0, 0.05) is 46.8 Å². The predicted octanol–water partition coefficient (Wildman–Crippen LogP) is 2.00. The van der Waals surface area contributed by atoms with Crippen LogP contribution in [-0.2, 0) is 6.42 Å². The molecule has 20 heavy (non-hydrogen) atoms. The van der Waals surface area contributed by atoms with Crippen molar-refractivity contribution in [3.8, 4) is 0 Å². The van der Waals surface area contributed by atoms with Crippen molar-refractivity contribution in [2.75, 3.05) is 19.8 Å². The number of aromatic amines is 1. The standard InChI is InChI=1S/C15H19ClN2O2/c16-10-1-2-13-12(6-10)11-3-4-17-14(15(11)18-13)5-9(7-19)8-20/h1-2,6,9,14,17-20H,3-5,7-8H2/t14-/m0/s1. The van der Waals surface area contributed by atoms with Gasteiger partial charge >= 0.3 is 0 Å². The van der Waals surface area contributed by atoms with Crippen molar-refractivity contribution in [3.63, 3.8) is 0 Å². The van der Waals surface area contributed by atoms with Gasteiger partial charge in [-0.15, -0.1) is 0 Å². The van der Waals surface area contributed by atoms with Gasteiger partial charge in [-0.3, -0.25) is 0 Å². The van der Waals surface area contributed by atoms with Crippen LogP contribution in [0.2, 0.25) is 5.02 Å². The summed E-state index contributed by atoms with van der Waals surface area (Å²) in [6.45, 7) is 0.923. The highest BCUT2D eigenvalue weighted by atomic mass is 35.5. The van der Waals surface area contributed by atoms with E-state index in [2.05, 4.69) is 10.3 Å². The van der Waals surface area contributed by atoms with E-state index in [0.717, 1.165) is 29.9 Å². The average Bonchev–Trinajstić information content (AvgIpc) is 2.83. The molecule has 4 N–H and O–H groups in total. The van der Waals surface area contributed by atoms with Gasteiger partial charge in [-0.05, 0) is 43.1 Å². The predicted molar refractivity (Wildman–Crippen MR) is 80.0 cm³/mol.